The number of aryl methyl sites for hydroxylation is 1. The van der Waals surface area contributed by atoms with E-state index in [-0.39, 0.29) is 11.6 Å². The maximum Gasteiger partial charge on any atom is 0.271 e. The minimum atomic E-state index is -0.558. The molecule has 2 aromatic carbocycles. The van der Waals surface area contributed by atoms with Gasteiger partial charge < -0.3 is 26.0 Å². The number of morpholine rings is 1. The summed E-state index contributed by atoms with van der Waals surface area (Å²) in [4.78, 5) is 23.8. The van der Waals surface area contributed by atoms with Crippen LogP contribution in [0.4, 0.5) is 28.7 Å². The Labute approximate surface area is 263 Å². The highest BCUT2D eigenvalue weighted by atomic mass is 16.5. The average Bonchev–Trinajstić information content (AvgIpc) is 3.50. The molecule has 1 unspecified atom stereocenters. The lowest BCUT2D eigenvalue weighted by Gasteiger charge is -2.26. The standard InChI is InChI=1S/C33H40N10O2/c1-5-33(3,21-34)24-7-6-8-25(17-24)39-26-10-9-23(2)27(18-26)40-31-19-28(32(44)35-4)41-43(31)30-20-29(37-22-38-30)36-11-12-42-13-15-45-16-14-42/h6-10,17-20,22,39-40H,5,11-16H2,1-4H3,(H,35,44)(H,36,37,38). The molecule has 0 spiro atoms. The van der Waals surface area contributed by atoms with Crippen molar-refractivity contribution in [2.45, 2.75) is 32.6 Å². The molecule has 234 valence electrons. The average molecular weight is 609 g/mol. The van der Waals surface area contributed by atoms with E-state index in [9.17, 15) is 10.1 Å². The number of ether oxygens (including phenoxy) is 1. The molecule has 1 aliphatic rings. The van der Waals surface area contributed by atoms with Crippen molar-refractivity contribution in [3.63, 3.8) is 0 Å². The lowest BCUT2D eigenvalue weighted by Crippen LogP contribution is -2.39. The zero-order valence-electron chi connectivity index (χ0n) is 26.2. The number of nitrogens with zero attached hydrogens (tertiary/aromatic N) is 6. The first kappa shape index (κ1) is 31.4. The van der Waals surface area contributed by atoms with Gasteiger partial charge in [0.1, 0.15) is 18.0 Å². The minimum Gasteiger partial charge on any atom is -0.379 e. The second-order valence-electron chi connectivity index (χ2n) is 11.2. The first-order valence-corrected chi connectivity index (χ1v) is 15.2. The first-order valence-electron chi connectivity index (χ1n) is 15.2. The number of nitrogens with one attached hydrogen (secondary N) is 4. The van der Waals surface area contributed by atoms with Gasteiger partial charge in [-0.05, 0) is 55.7 Å². The van der Waals surface area contributed by atoms with Crippen LogP contribution in [-0.4, -0.2) is 77.0 Å². The van der Waals surface area contributed by atoms with E-state index >= 15 is 0 Å². The molecule has 1 aliphatic heterocycles. The molecule has 1 saturated heterocycles. The van der Waals surface area contributed by atoms with Gasteiger partial charge in [-0.1, -0.05) is 25.1 Å². The second-order valence-corrected chi connectivity index (χ2v) is 11.2. The van der Waals surface area contributed by atoms with Gasteiger partial charge in [0, 0.05) is 62.4 Å². The Morgan fingerprint density at radius 3 is 2.62 bits per heavy atom. The van der Waals surface area contributed by atoms with Crippen LogP contribution in [0.1, 0.15) is 41.9 Å². The van der Waals surface area contributed by atoms with Crippen LogP contribution in [0.3, 0.4) is 0 Å². The summed E-state index contributed by atoms with van der Waals surface area (Å²) in [6, 6.07) is 19.9. The smallest absolute Gasteiger partial charge is 0.271 e. The summed E-state index contributed by atoms with van der Waals surface area (Å²) in [5, 5.41) is 27.3. The third-order valence-electron chi connectivity index (χ3n) is 8.12. The number of carbonyl (C=O) groups is 1. The number of aromatic nitrogens is 4. The summed E-state index contributed by atoms with van der Waals surface area (Å²) in [6.45, 7) is 10.9. The van der Waals surface area contributed by atoms with Crippen molar-refractivity contribution in [3.05, 3.63) is 77.7 Å². The fourth-order valence-electron chi connectivity index (χ4n) is 5.04. The van der Waals surface area contributed by atoms with Gasteiger partial charge in [-0.15, -0.1) is 0 Å². The molecule has 0 bridgehead atoms. The number of nitriles is 1. The fourth-order valence-corrected chi connectivity index (χ4v) is 5.04. The number of benzene rings is 2. The predicted molar refractivity (Wildman–Crippen MR) is 176 cm³/mol. The number of rotatable bonds is 12. The van der Waals surface area contributed by atoms with Crippen molar-refractivity contribution in [3.8, 4) is 11.9 Å². The van der Waals surface area contributed by atoms with Crippen LogP contribution >= 0.6 is 0 Å². The first-order chi connectivity index (χ1) is 21.8. The van der Waals surface area contributed by atoms with E-state index in [0.717, 1.165) is 74.0 Å². The van der Waals surface area contributed by atoms with Crippen LogP contribution < -0.4 is 21.3 Å². The van der Waals surface area contributed by atoms with Gasteiger partial charge in [-0.25, -0.2) is 9.97 Å². The van der Waals surface area contributed by atoms with Gasteiger partial charge >= 0.3 is 0 Å². The van der Waals surface area contributed by atoms with Crippen LogP contribution in [0.5, 0.6) is 0 Å². The molecule has 1 fully saturated rings. The second kappa shape index (κ2) is 14.2. The van der Waals surface area contributed by atoms with Crippen molar-refractivity contribution >= 4 is 34.6 Å². The molecule has 1 amide bonds. The van der Waals surface area contributed by atoms with Crippen molar-refractivity contribution in [1.82, 2.24) is 30.0 Å². The normalized spacial score (nSPS) is 14.6. The third kappa shape index (κ3) is 7.57. The van der Waals surface area contributed by atoms with Crippen molar-refractivity contribution in [2.24, 2.45) is 0 Å². The SMILES string of the molecule is CCC(C)(C#N)c1cccc(Nc2ccc(C)c(Nc3cc(C(=O)NC)nn3-c3cc(NCCN4CCOCC4)ncn3)c2)c1. The molecule has 5 rings (SSSR count). The molecule has 45 heavy (non-hydrogen) atoms. The largest absolute Gasteiger partial charge is 0.379 e. The highest BCUT2D eigenvalue weighted by Crippen LogP contribution is 2.31. The van der Waals surface area contributed by atoms with E-state index in [1.807, 2.05) is 69.3 Å². The Balaban J connectivity index is 1.38. The summed E-state index contributed by atoms with van der Waals surface area (Å²) < 4.78 is 7.04. The van der Waals surface area contributed by atoms with E-state index < -0.39 is 5.41 Å². The van der Waals surface area contributed by atoms with Gasteiger partial charge in [-0.2, -0.15) is 15.0 Å². The molecule has 4 aromatic rings. The van der Waals surface area contributed by atoms with E-state index in [1.165, 1.54) is 6.33 Å². The third-order valence-corrected chi connectivity index (χ3v) is 8.12. The lowest BCUT2D eigenvalue weighted by molar-refractivity contribution is 0.0398. The van der Waals surface area contributed by atoms with Crippen LogP contribution in [0, 0.1) is 18.3 Å². The molecule has 12 heteroatoms. The van der Waals surface area contributed by atoms with Gasteiger partial charge in [0.25, 0.3) is 5.91 Å². The van der Waals surface area contributed by atoms with E-state index in [1.54, 1.807) is 17.8 Å². The molecule has 0 saturated carbocycles. The molecule has 2 aromatic heterocycles. The van der Waals surface area contributed by atoms with E-state index in [2.05, 4.69) is 47.3 Å². The van der Waals surface area contributed by atoms with Crippen LogP contribution in [0.25, 0.3) is 5.82 Å². The fraction of sp³-hybridized carbons (Fsp3) is 0.364. The molecular weight excluding hydrogens is 568 g/mol. The number of anilines is 5. The highest BCUT2D eigenvalue weighted by molar-refractivity contribution is 5.93. The maximum atomic E-state index is 12.6. The lowest BCUT2D eigenvalue weighted by atomic mass is 9.81. The van der Waals surface area contributed by atoms with Crippen LogP contribution in [0.15, 0.2) is 60.9 Å². The molecule has 0 radical (unpaired) electrons. The van der Waals surface area contributed by atoms with Gasteiger partial charge in [0.05, 0.1) is 24.7 Å². The Kier molecular flexibility index (Phi) is 9.92. The van der Waals surface area contributed by atoms with Gasteiger partial charge in [0.15, 0.2) is 11.5 Å². The molecule has 1 atom stereocenters. The van der Waals surface area contributed by atoms with E-state index in [0.29, 0.717) is 17.5 Å². The number of hydrogen-bond donors (Lipinski definition) is 4. The number of carbonyl (C=O) groups excluding carboxylic acids is 1. The summed E-state index contributed by atoms with van der Waals surface area (Å²) in [5.41, 5.74) is 4.24. The number of amides is 1. The zero-order valence-corrected chi connectivity index (χ0v) is 26.2. The topological polar surface area (TPSA) is 145 Å². The van der Waals surface area contributed by atoms with Gasteiger partial charge in [-0.3, -0.25) is 9.69 Å². The Hall–Kier alpha value is -4.99. The molecule has 4 N–H and O–H groups in total. The molecule has 3 heterocycles. The summed E-state index contributed by atoms with van der Waals surface area (Å²) >= 11 is 0. The van der Waals surface area contributed by atoms with Crippen LogP contribution in [-0.2, 0) is 10.2 Å². The Morgan fingerprint density at radius 1 is 1.07 bits per heavy atom. The monoisotopic (exact) mass is 608 g/mol. The number of hydrogen-bond acceptors (Lipinski definition) is 10. The molecule has 0 aliphatic carbocycles. The molecule has 12 nitrogen and oxygen atoms in total. The zero-order chi connectivity index (χ0) is 31.8. The predicted octanol–water partition coefficient (Wildman–Crippen LogP) is 4.75. The summed E-state index contributed by atoms with van der Waals surface area (Å²) in [5.74, 6) is 1.44. The van der Waals surface area contributed by atoms with Crippen molar-refractivity contribution in [1.29, 1.82) is 5.26 Å². The Bertz CT molecular complexity index is 1670. The van der Waals surface area contributed by atoms with Crippen LogP contribution in [0.2, 0.25) is 0 Å². The Morgan fingerprint density at radius 2 is 1.87 bits per heavy atom. The maximum absolute atomic E-state index is 12.6. The van der Waals surface area contributed by atoms with Crippen molar-refractivity contribution in [2.75, 3.05) is 62.4 Å². The molecular formula is C33H40N10O2. The van der Waals surface area contributed by atoms with Crippen molar-refractivity contribution < 1.29 is 9.53 Å². The highest BCUT2D eigenvalue weighted by Gasteiger charge is 2.24. The summed E-state index contributed by atoms with van der Waals surface area (Å²) in [6.07, 6.45) is 2.20. The minimum absolute atomic E-state index is 0.251. The quantitative estimate of drug-likeness (QED) is 0.178. The summed E-state index contributed by atoms with van der Waals surface area (Å²) in [7, 11) is 1.57. The van der Waals surface area contributed by atoms with Gasteiger partial charge in [0.2, 0.25) is 0 Å². The van der Waals surface area contributed by atoms with E-state index in [4.69, 9.17) is 4.74 Å².